The van der Waals surface area contributed by atoms with E-state index in [1.165, 1.54) is 6.92 Å². The van der Waals surface area contributed by atoms with Gasteiger partial charge in [0.05, 0.1) is 37.1 Å². The number of nitrogens with one attached hydrogen (secondary N) is 2. The molecule has 60 heavy (non-hydrogen) atoms. The Hall–Kier alpha value is -4.64. The van der Waals surface area contributed by atoms with Gasteiger partial charge in [0.2, 0.25) is 6.79 Å². The molecule has 7 aliphatic heterocycles. The summed E-state index contributed by atoms with van der Waals surface area (Å²) in [7, 11) is 3.59. The highest BCUT2D eigenvalue weighted by molar-refractivity contribution is 7.99. The van der Waals surface area contributed by atoms with Crippen LogP contribution < -0.4 is 29.0 Å². The number of carbonyl (C=O) groups is 3. The maximum Gasteiger partial charge on any atom is 0.311 e. The Kier molecular flexibility index (Phi) is 9.72. The molecule has 0 radical (unpaired) electrons. The van der Waals surface area contributed by atoms with Crippen molar-refractivity contribution >= 4 is 40.4 Å². The Labute approximate surface area is 352 Å². The Bertz CT molecular complexity index is 2470. The van der Waals surface area contributed by atoms with Crippen molar-refractivity contribution in [1.82, 2.24) is 20.1 Å². The molecule has 1 spiro atoms. The van der Waals surface area contributed by atoms with Crippen LogP contribution in [0.4, 0.5) is 0 Å². The van der Waals surface area contributed by atoms with Gasteiger partial charge in [-0.1, -0.05) is 31.2 Å². The fourth-order valence-electron chi connectivity index (χ4n) is 11.1. The molecule has 0 amide bonds. The third kappa shape index (κ3) is 5.69. The van der Waals surface area contributed by atoms with Gasteiger partial charge in [0, 0.05) is 70.5 Å². The van der Waals surface area contributed by atoms with E-state index in [-0.39, 0.29) is 50.0 Å². The zero-order valence-corrected chi connectivity index (χ0v) is 35.5. The molecule has 1 aromatic heterocycles. The zero-order chi connectivity index (χ0) is 41.8. The number of benzene rings is 3. The lowest BCUT2D eigenvalue weighted by atomic mass is 9.73. The molecule has 3 aromatic carbocycles. The second-order valence-corrected chi connectivity index (χ2v) is 17.9. The molecular formula is C45H50N4O10S. The van der Waals surface area contributed by atoms with Crippen LogP contribution in [0.25, 0.3) is 10.9 Å². The number of rotatable bonds is 5. The highest BCUT2D eigenvalue weighted by Crippen LogP contribution is 2.64. The first-order valence-electron chi connectivity index (χ1n) is 20.8. The van der Waals surface area contributed by atoms with E-state index in [2.05, 4.69) is 32.2 Å². The number of piperazine rings is 1. The molecule has 2 saturated heterocycles. The second-order valence-electron chi connectivity index (χ2n) is 16.8. The fourth-order valence-corrected chi connectivity index (χ4v) is 12.8. The van der Waals surface area contributed by atoms with Gasteiger partial charge in [-0.3, -0.25) is 29.5 Å². The Morgan fingerprint density at radius 3 is 2.65 bits per heavy atom. The lowest BCUT2D eigenvalue weighted by Crippen LogP contribution is -2.69. The summed E-state index contributed by atoms with van der Waals surface area (Å²) in [5.41, 5.74) is 6.30. The normalized spacial score (nSPS) is 28.1. The molecular weight excluding hydrogens is 789 g/mol. The first-order valence-corrected chi connectivity index (χ1v) is 21.8. The van der Waals surface area contributed by atoms with Crippen molar-refractivity contribution in [2.75, 3.05) is 46.5 Å². The molecule has 0 saturated carbocycles. The average Bonchev–Trinajstić information content (AvgIpc) is 3.86. The SMILES string of the molecule is CCCC(=O)Oc1c(OC)c(C)cc2c1[C@@H]1C3[C@@H]4SC[C@]5(NCCc6c5[nH]c5ccccc65)C(=O)COC[C@@H](c5c6c(c(C)c(OC(C)=O)c54)OCO6)N3[C@@H](O)[C@H](C2)N1C. The second kappa shape index (κ2) is 14.8. The Morgan fingerprint density at radius 2 is 1.87 bits per heavy atom. The summed E-state index contributed by atoms with van der Waals surface area (Å²) >= 11 is 1.57. The van der Waals surface area contributed by atoms with Gasteiger partial charge in [-0.2, -0.15) is 0 Å². The number of Topliss-reactive ketones (excluding diaryl/α,β-unsaturated/α-hetero) is 1. The van der Waals surface area contributed by atoms with Crippen LogP contribution in [0, 0.1) is 13.8 Å². The molecule has 4 aromatic rings. The van der Waals surface area contributed by atoms with E-state index in [4.69, 9.17) is 28.4 Å². The smallest absolute Gasteiger partial charge is 0.311 e. The molecule has 3 N–H and O–H groups in total. The van der Waals surface area contributed by atoms with Gasteiger partial charge >= 0.3 is 11.9 Å². The topological polar surface area (TPSA) is 161 Å². The maximum atomic E-state index is 14.9. The highest BCUT2D eigenvalue weighted by atomic mass is 32.2. The number of aryl methyl sites for hydroxylation is 1. The van der Waals surface area contributed by atoms with Crippen molar-refractivity contribution in [2.24, 2.45) is 0 Å². The van der Waals surface area contributed by atoms with Gasteiger partial charge in [0.1, 0.15) is 24.1 Å². The molecule has 2 fully saturated rings. The van der Waals surface area contributed by atoms with Crippen molar-refractivity contribution < 1.29 is 47.9 Å². The average molecular weight is 839 g/mol. The number of ketones is 1. The summed E-state index contributed by atoms with van der Waals surface area (Å²) in [6.45, 7) is 7.46. The van der Waals surface area contributed by atoms with E-state index in [9.17, 15) is 19.5 Å². The van der Waals surface area contributed by atoms with E-state index < -0.39 is 41.1 Å². The predicted octanol–water partition coefficient (Wildman–Crippen LogP) is 5.22. The van der Waals surface area contributed by atoms with E-state index >= 15 is 0 Å². The minimum absolute atomic E-state index is 0.00325. The number of aliphatic hydroxyl groups is 1. The number of para-hydroxylation sites is 1. The van der Waals surface area contributed by atoms with E-state index in [0.29, 0.717) is 59.3 Å². The maximum absolute atomic E-state index is 14.9. The van der Waals surface area contributed by atoms with Crippen LogP contribution in [0.2, 0.25) is 0 Å². The molecule has 0 aliphatic carbocycles. The van der Waals surface area contributed by atoms with Gasteiger partial charge in [-0.05, 0) is 62.9 Å². The Morgan fingerprint density at radius 1 is 1.07 bits per heavy atom. The number of H-pyrrole nitrogens is 1. The van der Waals surface area contributed by atoms with Crippen LogP contribution in [-0.2, 0) is 37.5 Å². The number of esters is 2. The standard InChI is InChI=1S/C45H50N4O10S/c1-7-10-31(52)59-41-32-24(15-21(2)37(41)54-6)16-28-44(53)49-29-17-55-18-30(51)45(43-26(13-14-46-45)25-11-8-9-12-27(25)47-43)19-60-42(36(49)35(32)48(28)5)34-33(29)40-39(56-20-57-40)22(3)38(34)58-23(4)50/h8-9,11-12,15,28-29,35-36,42,44,46-47,53H,7,10,13-14,16-20H2,1-6H3/t28-,29-,35+,36?,42+,44-,45-/m0/s1. The number of thioether (sulfide) groups is 1. The summed E-state index contributed by atoms with van der Waals surface area (Å²) in [4.78, 5) is 49.5. The number of carbonyl (C=O) groups excluding carboxylic acids is 3. The van der Waals surface area contributed by atoms with Gasteiger partial charge < -0.3 is 38.5 Å². The number of nitrogens with zero attached hydrogens (tertiary/aromatic N) is 2. The minimum atomic E-state index is -1.18. The zero-order valence-electron chi connectivity index (χ0n) is 34.6. The lowest BCUT2D eigenvalue weighted by Gasteiger charge is -2.62. The first kappa shape index (κ1) is 39.5. The van der Waals surface area contributed by atoms with E-state index in [0.717, 1.165) is 50.8 Å². The summed E-state index contributed by atoms with van der Waals surface area (Å²) in [5.74, 6) is 1.47. The number of hydrogen-bond acceptors (Lipinski definition) is 14. The van der Waals surface area contributed by atoms with Crippen molar-refractivity contribution in [3.63, 3.8) is 0 Å². The fraction of sp³-hybridized carbons (Fsp3) is 0.489. The van der Waals surface area contributed by atoms with Crippen molar-refractivity contribution in [3.8, 4) is 28.7 Å². The first-order chi connectivity index (χ1) is 29.0. The van der Waals surface area contributed by atoms with Crippen LogP contribution in [0.3, 0.4) is 0 Å². The van der Waals surface area contributed by atoms with Crippen LogP contribution in [0.5, 0.6) is 28.7 Å². The largest absolute Gasteiger partial charge is 0.493 e. The van der Waals surface area contributed by atoms with Crippen LogP contribution in [0.15, 0.2) is 30.3 Å². The van der Waals surface area contributed by atoms with E-state index in [1.807, 2.05) is 46.0 Å². The molecule has 15 heteroatoms. The number of aliphatic hydroxyl groups excluding tert-OH is 1. The summed E-state index contributed by atoms with van der Waals surface area (Å²) in [6.07, 6.45) is 1.03. The Balaban J connectivity index is 1.24. The van der Waals surface area contributed by atoms with Crippen LogP contribution in [-0.4, -0.2) is 102 Å². The molecule has 11 rings (SSSR count). The van der Waals surface area contributed by atoms with Gasteiger partial charge in [0.25, 0.3) is 0 Å². The third-order valence-corrected chi connectivity index (χ3v) is 15.0. The van der Waals surface area contributed by atoms with Gasteiger partial charge in [-0.15, -0.1) is 11.8 Å². The number of likely N-dealkylation sites (N-methyl/N-ethyl adjacent to an activating group) is 1. The number of aromatic nitrogens is 1. The van der Waals surface area contributed by atoms with Crippen LogP contribution >= 0.6 is 11.8 Å². The monoisotopic (exact) mass is 838 g/mol. The molecule has 1 unspecified atom stereocenters. The predicted molar refractivity (Wildman–Crippen MR) is 222 cm³/mol. The summed E-state index contributed by atoms with van der Waals surface area (Å²) < 4.78 is 37.6. The van der Waals surface area contributed by atoms with Crippen molar-refractivity contribution in [3.05, 3.63) is 75.0 Å². The quantitative estimate of drug-likeness (QED) is 0.177. The molecule has 14 nitrogen and oxygen atoms in total. The van der Waals surface area contributed by atoms with Crippen molar-refractivity contribution in [2.45, 2.75) is 94.6 Å². The molecule has 4 bridgehead atoms. The summed E-state index contributed by atoms with van der Waals surface area (Å²) in [5, 5.41) is 17.0. The third-order valence-electron chi connectivity index (χ3n) is 13.5. The number of methoxy groups -OCH3 is 1. The molecule has 8 heterocycles. The van der Waals surface area contributed by atoms with Gasteiger partial charge in [-0.25, -0.2) is 0 Å². The van der Waals surface area contributed by atoms with E-state index in [1.54, 1.807) is 18.9 Å². The van der Waals surface area contributed by atoms with Gasteiger partial charge in [0.15, 0.2) is 28.8 Å². The molecule has 316 valence electrons. The number of fused-ring (bicyclic) bond motifs is 12. The molecule has 7 atom stereocenters. The number of aromatic amines is 1. The molecule has 7 aliphatic rings. The van der Waals surface area contributed by atoms with Crippen molar-refractivity contribution in [1.29, 1.82) is 0 Å². The summed E-state index contributed by atoms with van der Waals surface area (Å²) in [6, 6.07) is 8.10. The minimum Gasteiger partial charge on any atom is -0.493 e. The number of hydrogen-bond donors (Lipinski definition) is 3. The van der Waals surface area contributed by atoms with Crippen LogP contribution in [0.1, 0.15) is 88.7 Å². The number of ether oxygens (including phenoxy) is 6. The highest BCUT2D eigenvalue weighted by Gasteiger charge is 2.61. The lowest BCUT2D eigenvalue weighted by molar-refractivity contribution is -0.181.